The van der Waals surface area contributed by atoms with Crippen molar-refractivity contribution in [2.24, 2.45) is 7.05 Å². The van der Waals surface area contributed by atoms with E-state index in [0.717, 1.165) is 15.2 Å². The van der Waals surface area contributed by atoms with Crippen molar-refractivity contribution < 1.29 is 30.7 Å². The lowest BCUT2D eigenvalue weighted by molar-refractivity contribution is -0.0446. The van der Waals surface area contributed by atoms with Crippen LogP contribution in [0, 0.1) is 0 Å². The predicted molar refractivity (Wildman–Crippen MR) is 109 cm³/mol. The molecule has 2 aromatic carbocycles. The van der Waals surface area contributed by atoms with Crippen LogP contribution in [0.1, 0.15) is 13.3 Å². The van der Waals surface area contributed by atoms with E-state index in [1.165, 1.54) is 31.3 Å². The van der Waals surface area contributed by atoms with E-state index in [0.29, 0.717) is 18.8 Å². The number of imidazole rings is 1. The quantitative estimate of drug-likeness (QED) is 0.443. The van der Waals surface area contributed by atoms with Gasteiger partial charge in [-0.3, -0.25) is 9.13 Å². The van der Waals surface area contributed by atoms with Crippen molar-refractivity contribution in [1.29, 1.82) is 0 Å². The van der Waals surface area contributed by atoms with Crippen molar-refractivity contribution in [3.8, 4) is 11.4 Å². The lowest BCUT2D eigenvalue weighted by Gasteiger charge is -2.09. The summed E-state index contributed by atoms with van der Waals surface area (Å²) in [6, 6.07) is 8.07. The standard InChI is InChI=1S/C19H16F3N3O6S/c1-3-7-30-12-6-4-5-11(8-12)24-13-9-15-16(31-18(27)23(15)2)10-14(13)25(17(24)26)32(28,29)19(20,21)22/h4-6,8-10H,3,7H2,1-2H3. The van der Waals surface area contributed by atoms with Crippen molar-refractivity contribution in [2.45, 2.75) is 18.9 Å². The van der Waals surface area contributed by atoms with Crippen LogP contribution in [0.5, 0.6) is 5.75 Å². The largest absolute Gasteiger partial charge is 0.517 e. The molecule has 0 atom stereocenters. The molecule has 0 aliphatic carbocycles. The van der Waals surface area contributed by atoms with Gasteiger partial charge in [0, 0.05) is 19.2 Å². The smallest absolute Gasteiger partial charge is 0.494 e. The van der Waals surface area contributed by atoms with E-state index in [9.17, 15) is 31.2 Å². The van der Waals surface area contributed by atoms with E-state index in [1.807, 2.05) is 6.92 Å². The van der Waals surface area contributed by atoms with Crippen LogP contribution in [-0.2, 0) is 17.1 Å². The molecule has 13 heteroatoms. The zero-order valence-electron chi connectivity index (χ0n) is 16.7. The summed E-state index contributed by atoms with van der Waals surface area (Å²) < 4.78 is 76.6. The van der Waals surface area contributed by atoms with E-state index >= 15 is 0 Å². The maximum atomic E-state index is 13.4. The van der Waals surface area contributed by atoms with Crippen LogP contribution < -0.4 is 16.2 Å². The van der Waals surface area contributed by atoms with Gasteiger partial charge in [0.1, 0.15) is 5.75 Å². The molecule has 170 valence electrons. The Morgan fingerprint density at radius 1 is 1.06 bits per heavy atom. The lowest BCUT2D eigenvalue weighted by atomic mass is 10.2. The van der Waals surface area contributed by atoms with Crippen molar-refractivity contribution in [1.82, 2.24) is 13.1 Å². The number of aromatic nitrogens is 3. The van der Waals surface area contributed by atoms with Gasteiger partial charge in [-0.1, -0.05) is 13.0 Å². The molecule has 0 N–H and O–H groups in total. The van der Waals surface area contributed by atoms with E-state index < -0.39 is 32.5 Å². The highest BCUT2D eigenvalue weighted by Crippen LogP contribution is 2.31. The predicted octanol–water partition coefficient (Wildman–Crippen LogP) is 2.72. The van der Waals surface area contributed by atoms with E-state index in [2.05, 4.69) is 0 Å². The van der Waals surface area contributed by atoms with Gasteiger partial charge in [-0.25, -0.2) is 9.59 Å². The Labute approximate surface area is 177 Å². The first-order valence-corrected chi connectivity index (χ1v) is 10.7. The minimum absolute atomic E-state index is 0.0811. The summed E-state index contributed by atoms with van der Waals surface area (Å²) in [4.78, 5) is 24.9. The molecule has 2 heterocycles. The average Bonchev–Trinajstić information content (AvgIpc) is 3.16. The molecule has 0 aliphatic rings. The second-order valence-corrected chi connectivity index (χ2v) is 8.69. The number of hydrogen-bond acceptors (Lipinski definition) is 6. The number of aryl methyl sites for hydroxylation is 1. The number of hydrogen-bond donors (Lipinski definition) is 0. The van der Waals surface area contributed by atoms with Crippen LogP contribution in [0.4, 0.5) is 13.2 Å². The van der Waals surface area contributed by atoms with E-state index in [1.54, 1.807) is 6.07 Å². The van der Waals surface area contributed by atoms with Crippen LogP contribution in [0.3, 0.4) is 0 Å². The number of nitrogens with zero attached hydrogens (tertiary/aromatic N) is 3. The summed E-state index contributed by atoms with van der Waals surface area (Å²) in [7, 11) is -4.73. The molecule has 4 aromatic rings. The second kappa shape index (κ2) is 7.29. The summed E-state index contributed by atoms with van der Waals surface area (Å²) in [5.41, 5.74) is -7.88. The SMILES string of the molecule is CCCOc1cccc(-n2c(=O)n(S(=O)(=O)C(F)(F)F)c3cc4oc(=O)n(C)c4cc32)c1. The third-order valence-electron chi connectivity index (χ3n) is 4.79. The molecular formula is C19H16F3N3O6S. The van der Waals surface area contributed by atoms with Gasteiger partial charge in [0.2, 0.25) is 0 Å². The molecule has 0 fully saturated rings. The lowest BCUT2D eigenvalue weighted by Crippen LogP contribution is -2.37. The molecule has 9 nitrogen and oxygen atoms in total. The van der Waals surface area contributed by atoms with Gasteiger partial charge in [0.05, 0.1) is 28.8 Å². The highest BCUT2D eigenvalue weighted by Gasteiger charge is 2.49. The molecule has 0 unspecified atom stereocenters. The fourth-order valence-corrected chi connectivity index (χ4v) is 4.21. The molecule has 0 saturated carbocycles. The number of halogens is 3. The minimum Gasteiger partial charge on any atom is -0.494 e. The molecule has 32 heavy (non-hydrogen) atoms. The Balaban J connectivity index is 2.14. The Kier molecular flexibility index (Phi) is 4.95. The topological polar surface area (TPSA) is 105 Å². The number of ether oxygens (including phenoxy) is 1. The van der Waals surface area contributed by atoms with Gasteiger partial charge in [-0.15, -0.1) is 0 Å². The van der Waals surface area contributed by atoms with Gasteiger partial charge in [-0.2, -0.15) is 25.6 Å². The first-order valence-electron chi connectivity index (χ1n) is 9.29. The summed E-state index contributed by atoms with van der Waals surface area (Å²) in [5, 5.41) is 0. The fraction of sp³-hybridized carbons (Fsp3) is 0.263. The van der Waals surface area contributed by atoms with E-state index in [-0.39, 0.29) is 26.3 Å². The van der Waals surface area contributed by atoms with Crippen molar-refractivity contribution in [3.63, 3.8) is 0 Å². The molecular weight excluding hydrogens is 455 g/mol. The highest BCUT2D eigenvalue weighted by molar-refractivity contribution is 7.90. The molecule has 0 spiro atoms. The third kappa shape index (κ3) is 3.20. The summed E-state index contributed by atoms with van der Waals surface area (Å²) in [5.74, 6) is -0.464. The van der Waals surface area contributed by atoms with Gasteiger partial charge in [-0.05, 0) is 24.6 Å². The first-order chi connectivity index (χ1) is 15.0. The number of fused-ring (bicyclic) bond motifs is 2. The van der Waals surface area contributed by atoms with Crippen LogP contribution in [-0.4, -0.2) is 33.6 Å². The molecule has 0 saturated heterocycles. The maximum absolute atomic E-state index is 13.4. The number of benzene rings is 2. The molecule has 0 bridgehead atoms. The Morgan fingerprint density at radius 2 is 1.78 bits per heavy atom. The van der Waals surface area contributed by atoms with Crippen LogP contribution in [0.15, 0.2) is 50.4 Å². The Morgan fingerprint density at radius 3 is 2.44 bits per heavy atom. The molecule has 2 aromatic heterocycles. The zero-order chi connectivity index (χ0) is 23.4. The van der Waals surface area contributed by atoms with E-state index in [4.69, 9.17) is 9.15 Å². The minimum atomic E-state index is -6.09. The molecule has 4 rings (SSSR count). The number of alkyl halides is 3. The van der Waals surface area contributed by atoms with Crippen LogP contribution in [0.2, 0.25) is 0 Å². The van der Waals surface area contributed by atoms with Crippen molar-refractivity contribution in [3.05, 3.63) is 57.4 Å². The normalized spacial score (nSPS) is 12.7. The number of oxazole rings is 1. The second-order valence-electron chi connectivity index (χ2n) is 6.91. The summed E-state index contributed by atoms with van der Waals surface area (Å²) in [6.45, 7) is 2.24. The van der Waals surface area contributed by atoms with Crippen LogP contribution >= 0.6 is 0 Å². The summed E-state index contributed by atoms with van der Waals surface area (Å²) in [6.07, 6.45) is 0.694. The van der Waals surface area contributed by atoms with Gasteiger partial charge in [0.25, 0.3) is 0 Å². The Hall–Kier alpha value is -3.48. The molecule has 0 aliphatic heterocycles. The van der Waals surface area contributed by atoms with Crippen molar-refractivity contribution in [2.75, 3.05) is 6.61 Å². The monoisotopic (exact) mass is 471 g/mol. The average molecular weight is 471 g/mol. The maximum Gasteiger partial charge on any atom is 0.517 e. The first kappa shape index (κ1) is 21.7. The van der Waals surface area contributed by atoms with Gasteiger partial charge >= 0.3 is 27.0 Å². The zero-order valence-corrected chi connectivity index (χ0v) is 17.5. The summed E-state index contributed by atoms with van der Waals surface area (Å²) >= 11 is 0. The highest BCUT2D eigenvalue weighted by atomic mass is 32.2. The fourth-order valence-electron chi connectivity index (χ4n) is 3.31. The van der Waals surface area contributed by atoms with Gasteiger partial charge in [0.15, 0.2) is 5.58 Å². The molecule has 0 radical (unpaired) electrons. The third-order valence-corrected chi connectivity index (χ3v) is 6.21. The molecule has 0 amide bonds. The van der Waals surface area contributed by atoms with Gasteiger partial charge < -0.3 is 9.15 Å². The van der Waals surface area contributed by atoms with Crippen LogP contribution in [0.25, 0.3) is 27.8 Å². The Bertz CT molecular complexity index is 1570. The van der Waals surface area contributed by atoms with Crippen molar-refractivity contribution >= 4 is 32.2 Å². The number of rotatable bonds is 5.